The molecule has 7 nitrogen and oxygen atoms in total. The van der Waals surface area contributed by atoms with Crippen LogP contribution >= 0.6 is 11.3 Å². The molecule has 1 N–H and O–H groups in total. The smallest absolute Gasteiger partial charge is 0.189 e. The summed E-state index contributed by atoms with van der Waals surface area (Å²) >= 11 is 1.66. The number of rotatable bonds is 23. The Morgan fingerprint density at radius 3 is 1.73 bits per heavy atom. The van der Waals surface area contributed by atoms with E-state index in [1.54, 1.807) is 11.3 Å². The van der Waals surface area contributed by atoms with Gasteiger partial charge < -0.3 is 33.8 Å². The first-order valence-corrected chi connectivity index (χ1v) is 19.1. The average Bonchev–Trinajstić information content (AvgIpc) is 3.51. The van der Waals surface area contributed by atoms with Crippen molar-refractivity contribution in [2.75, 3.05) is 26.6 Å². The van der Waals surface area contributed by atoms with E-state index in [2.05, 4.69) is 39.0 Å². The highest BCUT2D eigenvalue weighted by molar-refractivity contribution is 7.22. The summed E-state index contributed by atoms with van der Waals surface area (Å²) in [7, 11) is 0. The van der Waals surface area contributed by atoms with E-state index < -0.39 is 0 Å². The van der Waals surface area contributed by atoms with Gasteiger partial charge in [0.25, 0.3) is 0 Å². The molecule has 8 heteroatoms. The number of benzene rings is 4. The van der Waals surface area contributed by atoms with Crippen LogP contribution in [0.4, 0.5) is 0 Å². The predicted molar refractivity (Wildman–Crippen MR) is 209 cm³/mol. The second-order valence-electron chi connectivity index (χ2n) is 12.5. The van der Waals surface area contributed by atoms with Gasteiger partial charge in [0.1, 0.15) is 34.5 Å². The monoisotopic (exact) mass is 709 g/mol. The molecule has 5 rings (SSSR count). The molecule has 270 valence electrons. The largest absolute Gasteiger partial charge is 0.494 e. The summed E-state index contributed by atoms with van der Waals surface area (Å²) in [4.78, 5) is 1.01. The zero-order chi connectivity index (χ0) is 35.7. The second-order valence-corrected chi connectivity index (χ2v) is 13.5. The van der Waals surface area contributed by atoms with Crippen LogP contribution in [0.3, 0.4) is 0 Å². The van der Waals surface area contributed by atoms with E-state index in [1.165, 1.54) is 0 Å². The maximum absolute atomic E-state index is 8.09. The molecule has 0 unspecified atom stereocenters. The quantitative estimate of drug-likeness (QED) is 0.0413. The molecular weight excluding hydrogens is 659 g/mol. The van der Waals surface area contributed by atoms with Crippen LogP contribution in [0.2, 0.25) is 0 Å². The first-order chi connectivity index (χ1) is 25.1. The van der Waals surface area contributed by atoms with Gasteiger partial charge in [0, 0.05) is 15.8 Å². The zero-order valence-corrected chi connectivity index (χ0v) is 31.0. The number of hydrogen-bond acceptors (Lipinski definition) is 8. The lowest BCUT2D eigenvalue weighted by Gasteiger charge is -2.11. The van der Waals surface area contributed by atoms with Crippen molar-refractivity contribution in [2.45, 2.75) is 78.6 Å². The Morgan fingerprint density at radius 2 is 1.08 bits per heavy atom. The van der Waals surface area contributed by atoms with Gasteiger partial charge in [-0.15, -0.1) is 11.3 Å². The summed E-state index contributed by atoms with van der Waals surface area (Å²) in [6.07, 6.45) is 8.94. The third kappa shape index (κ3) is 11.8. The van der Waals surface area contributed by atoms with Gasteiger partial charge in [0.05, 0.1) is 24.7 Å². The Morgan fingerprint density at radius 1 is 0.549 bits per heavy atom. The molecule has 0 fully saturated rings. The van der Waals surface area contributed by atoms with Gasteiger partial charge in [0.15, 0.2) is 12.5 Å². The molecule has 0 amide bonds. The number of hydrogen-bond donors (Lipinski definition) is 1. The second kappa shape index (κ2) is 20.4. The molecule has 0 saturated carbocycles. The predicted octanol–water partition coefficient (Wildman–Crippen LogP) is 12.9. The minimum absolute atomic E-state index is 0.221. The first kappa shape index (κ1) is 37.7. The van der Waals surface area contributed by atoms with Crippen molar-refractivity contribution in [1.82, 2.24) is 0 Å². The summed E-state index contributed by atoms with van der Waals surface area (Å²) in [5.41, 5.74) is 1.83. The lowest BCUT2D eigenvalue weighted by atomic mass is 10.1. The van der Waals surface area contributed by atoms with E-state index in [4.69, 9.17) is 33.8 Å². The Labute approximate surface area is 306 Å². The average molecular weight is 710 g/mol. The molecule has 0 bridgehead atoms. The van der Waals surface area contributed by atoms with Crippen molar-refractivity contribution in [2.24, 2.45) is 0 Å². The molecular formula is C43H51NO6S. The summed E-state index contributed by atoms with van der Waals surface area (Å²) < 4.78 is 37.1. The molecule has 0 aliphatic rings. The molecule has 0 saturated heterocycles. The van der Waals surface area contributed by atoms with Gasteiger partial charge in [-0.2, -0.15) is 0 Å². The topological polar surface area (TPSA) is 79.2 Å². The van der Waals surface area contributed by atoms with E-state index >= 15 is 0 Å². The Hall–Kier alpha value is -4.53. The molecule has 0 spiro atoms. The normalized spacial score (nSPS) is 11.0. The summed E-state index contributed by atoms with van der Waals surface area (Å²) in [5.74, 6) is 5.39. The van der Waals surface area contributed by atoms with Crippen LogP contribution in [0.25, 0.3) is 20.5 Å². The highest BCUT2D eigenvalue weighted by Crippen LogP contribution is 2.47. The molecule has 4 aromatic carbocycles. The minimum Gasteiger partial charge on any atom is -0.494 e. The molecule has 51 heavy (non-hydrogen) atoms. The fourth-order valence-electron chi connectivity index (χ4n) is 5.31. The van der Waals surface area contributed by atoms with Crippen LogP contribution in [0.15, 0.2) is 91.0 Å². The van der Waals surface area contributed by atoms with Gasteiger partial charge in [0.2, 0.25) is 0 Å². The van der Waals surface area contributed by atoms with Crippen LogP contribution in [0.1, 0.15) is 78.6 Å². The molecule has 0 aliphatic heterocycles. The van der Waals surface area contributed by atoms with E-state index in [0.717, 1.165) is 131 Å². The van der Waals surface area contributed by atoms with Crippen molar-refractivity contribution in [3.05, 3.63) is 91.0 Å². The standard InChI is InChI=1S/C43H51NO6S/c1-4-7-11-33(44)12-10-29-47-35-19-23-38(24-20-35)50-42-40-26-25-39(48-31-45-27-8-5-2)30-41(40)51-43(42)32-13-15-36(16-14-32)49-37-21-17-34(18-22-37)46-28-9-6-3/h13-26,30,44H,4-12,27-29,31H2,1-3H3. The van der Waals surface area contributed by atoms with Gasteiger partial charge in [-0.3, -0.25) is 0 Å². The minimum atomic E-state index is 0.221. The van der Waals surface area contributed by atoms with E-state index in [1.807, 2.05) is 72.8 Å². The number of nitrogens with one attached hydrogen (secondary N) is 1. The van der Waals surface area contributed by atoms with E-state index in [-0.39, 0.29) is 6.79 Å². The number of ether oxygens (including phenoxy) is 6. The molecule has 1 heterocycles. The van der Waals surface area contributed by atoms with Crippen LogP contribution in [-0.4, -0.2) is 32.3 Å². The highest BCUT2D eigenvalue weighted by Gasteiger charge is 2.18. The summed E-state index contributed by atoms with van der Waals surface area (Å²) in [6, 6.07) is 29.6. The van der Waals surface area contributed by atoms with Crippen molar-refractivity contribution < 1.29 is 28.4 Å². The molecule has 0 aliphatic carbocycles. The van der Waals surface area contributed by atoms with Crippen molar-refractivity contribution in [3.8, 4) is 50.7 Å². The van der Waals surface area contributed by atoms with E-state index in [9.17, 15) is 0 Å². The van der Waals surface area contributed by atoms with Crippen LogP contribution in [0.5, 0.6) is 40.2 Å². The van der Waals surface area contributed by atoms with Crippen LogP contribution in [-0.2, 0) is 4.74 Å². The van der Waals surface area contributed by atoms with Gasteiger partial charge in [-0.05, 0) is 135 Å². The lowest BCUT2D eigenvalue weighted by molar-refractivity contribution is 0.0141. The van der Waals surface area contributed by atoms with Gasteiger partial charge in [-0.1, -0.05) is 40.0 Å². The molecule has 1 aromatic heterocycles. The first-order valence-electron chi connectivity index (χ1n) is 18.3. The Kier molecular flexibility index (Phi) is 15.1. The fourth-order valence-corrected chi connectivity index (χ4v) is 6.47. The molecule has 0 radical (unpaired) electrons. The van der Waals surface area contributed by atoms with Crippen molar-refractivity contribution in [1.29, 1.82) is 5.41 Å². The molecule has 0 atom stereocenters. The molecule has 5 aromatic rings. The number of fused-ring (bicyclic) bond motifs is 1. The maximum atomic E-state index is 8.09. The maximum Gasteiger partial charge on any atom is 0.189 e. The Bertz CT molecular complexity index is 1770. The van der Waals surface area contributed by atoms with Gasteiger partial charge >= 0.3 is 0 Å². The summed E-state index contributed by atoms with van der Waals surface area (Å²) in [5, 5.41) is 9.09. The van der Waals surface area contributed by atoms with E-state index in [0.29, 0.717) is 13.2 Å². The zero-order valence-electron chi connectivity index (χ0n) is 30.2. The van der Waals surface area contributed by atoms with Crippen LogP contribution < -0.4 is 23.7 Å². The third-order valence-electron chi connectivity index (χ3n) is 8.28. The van der Waals surface area contributed by atoms with Gasteiger partial charge in [-0.25, -0.2) is 0 Å². The van der Waals surface area contributed by atoms with Crippen molar-refractivity contribution in [3.63, 3.8) is 0 Å². The third-order valence-corrected chi connectivity index (χ3v) is 9.46. The number of unbranched alkanes of at least 4 members (excludes halogenated alkanes) is 3. The number of thiophene rings is 1. The van der Waals surface area contributed by atoms with Crippen molar-refractivity contribution >= 4 is 27.1 Å². The SMILES string of the molecule is CCCCOCOc1ccc2c(Oc3ccc(OCCCC(=N)CCCC)cc3)c(-c3ccc(Oc4ccc(OCCCC)cc4)cc3)sc2c1. The summed E-state index contributed by atoms with van der Waals surface area (Å²) in [6.45, 7) is 8.66. The highest BCUT2D eigenvalue weighted by atomic mass is 32.1. The Balaban J connectivity index is 1.30. The fraction of sp³-hybridized carbons (Fsp3) is 0.372. The lowest BCUT2D eigenvalue weighted by Crippen LogP contribution is -2.03. The van der Waals surface area contributed by atoms with Crippen LogP contribution in [0, 0.1) is 5.41 Å².